The molecule has 0 radical (unpaired) electrons. The molecular weight excluding hydrogens is 424 g/mol. The second kappa shape index (κ2) is 11.1. The highest BCUT2D eigenvalue weighted by Crippen LogP contribution is 2.10. The molecule has 0 bridgehead atoms. The van der Waals surface area contributed by atoms with Gasteiger partial charge in [-0.05, 0) is 32.3 Å². The summed E-state index contributed by atoms with van der Waals surface area (Å²) in [4.78, 5) is 43.6. The van der Waals surface area contributed by atoms with Crippen LogP contribution in [0.1, 0.15) is 32.3 Å². The molecule has 0 aliphatic carbocycles. The summed E-state index contributed by atoms with van der Waals surface area (Å²) in [7, 11) is 0. The molecule has 1 unspecified atom stereocenters. The number of rotatable bonds is 10. The maximum atomic E-state index is 12.9. The van der Waals surface area contributed by atoms with E-state index in [4.69, 9.17) is 10.5 Å². The Morgan fingerprint density at radius 1 is 1.18 bits per heavy atom. The molecule has 33 heavy (non-hydrogen) atoms. The maximum Gasteiger partial charge on any atom is 0.250 e. The number of nitrogens with zero attached hydrogens (tertiary/aromatic N) is 3. The summed E-state index contributed by atoms with van der Waals surface area (Å²) in [5.41, 5.74) is 5.66. The van der Waals surface area contributed by atoms with E-state index in [1.165, 1.54) is 6.33 Å². The molecule has 0 spiro atoms. The Morgan fingerprint density at radius 3 is 2.55 bits per heavy atom. The fourth-order valence-corrected chi connectivity index (χ4v) is 3.34. The van der Waals surface area contributed by atoms with E-state index in [1.54, 1.807) is 24.6 Å². The molecule has 1 aromatic carbocycles. The minimum atomic E-state index is -1.16. The predicted octanol–water partition coefficient (Wildman–Crippen LogP) is 0.883. The van der Waals surface area contributed by atoms with E-state index in [-0.39, 0.29) is 24.9 Å². The summed E-state index contributed by atoms with van der Waals surface area (Å²) in [5.74, 6) is -0.666. The van der Waals surface area contributed by atoms with Crippen molar-refractivity contribution in [2.45, 2.75) is 51.4 Å². The predicted molar refractivity (Wildman–Crippen MR) is 123 cm³/mol. The third-order valence-electron chi connectivity index (χ3n) is 5.26. The van der Waals surface area contributed by atoms with E-state index in [2.05, 4.69) is 15.6 Å². The van der Waals surface area contributed by atoms with Gasteiger partial charge in [0.1, 0.15) is 12.6 Å². The lowest BCUT2D eigenvalue weighted by atomic mass is 10.1. The van der Waals surface area contributed by atoms with Gasteiger partial charge in [-0.3, -0.25) is 14.4 Å². The molecule has 3 rings (SSSR count). The van der Waals surface area contributed by atoms with Crippen molar-refractivity contribution >= 4 is 23.5 Å². The van der Waals surface area contributed by atoms with E-state index in [0.29, 0.717) is 6.61 Å². The van der Waals surface area contributed by atoms with Gasteiger partial charge in [-0.1, -0.05) is 30.3 Å². The summed E-state index contributed by atoms with van der Waals surface area (Å²) >= 11 is 0. The topological polar surface area (TPSA) is 132 Å². The van der Waals surface area contributed by atoms with Gasteiger partial charge in [0.25, 0.3) is 5.91 Å². The average Bonchev–Trinajstić information content (AvgIpc) is 3.45. The fourth-order valence-electron chi connectivity index (χ4n) is 3.34. The zero-order chi connectivity index (χ0) is 23.8. The molecule has 4 N–H and O–H groups in total. The van der Waals surface area contributed by atoms with Gasteiger partial charge in [-0.15, -0.1) is 0 Å². The molecule has 10 nitrogen and oxygen atoms in total. The van der Waals surface area contributed by atoms with Gasteiger partial charge in [0.05, 0.1) is 25.1 Å². The van der Waals surface area contributed by atoms with E-state index >= 15 is 0 Å². The highest BCUT2D eigenvalue weighted by Gasteiger charge is 2.28. The van der Waals surface area contributed by atoms with Crippen LogP contribution >= 0.6 is 0 Å². The molecule has 1 aliphatic heterocycles. The van der Waals surface area contributed by atoms with Gasteiger partial charge >= 0.3 is 0 Å². The van der Waals surface area contributed by atoms with E-state index in [0.717, 1.165) is 31.5 Å². The summed E-state index contributed by atoms with van der Waals surface area (Å²) in [6.45, 7) is 5.07. The lowest BCUT2D eigenvalue weighted by Crippen LogP contribution is -2.56. The third-order valence-corrected chi connectivity index (χ3v) is 5.26. The van der Waals surface area contributed by atoms with Crippen LogP contribution in [0, 0.1) is 0 Å². The van der Waals surface area contributed by atoms with Crippen molar-refractivity contribution < 1.29 is 19.1 Å². The van der Waals surface area contributed by atoms with Crippen molar-refractivity contribution in [2.24, 2.45) is 5.73 Å². The lowest BCUT2D eigenvalue weighted by Gasteiger charge is -2.23. The Bertz CT molecular complexity index is 947. The van der Waals surface area contributed by atoms with Crippen molar-refractivity contribution in [3.63, 3.8) is 0 Å². The zero-order valence-corrected chi connectivity index (χ0v) is 19.1. The number of hydrogen-bond acceptors (Lipinski definition) is 6. The second-order valence-corrected chi connectivity index (χ2v) is 8.76. The molecule has 178 valence electrons. The third kappa shape index (κ3) is 7.40. The molecule has 2 aromatic rings. The molecule has 1 aromatic heterocycles. The Labute approximate surface area is 193 Å². The SMILES string of the molecule is CC(C)(N)C(=O)NC(COCc1ccccc1)C(=O)Nc1cn(CC(=O)N2CCCC2)cn1. The Balaban J connectivity index is 1.59. The average molecular weight is 457 g/mol. The number of hydrogen-bond donors (Lipinski definition) is 3. The van der Waals surface area contributed by atoms with Crippen molar-refractivity contribution in [2.75, 3.05) is 25.0 Å². The van der Waals surface area contributed by atoms with E-state index in [9.17, 15) is 14.4 Å². The summed E-state index contributed by atoms with van der Waals surface area (Å²) in [5, 5.41) is 5.32. The quantitative estimate of drug-likeness (QED) is 0.486. The summed E-state index contributed by atoms with van der Waals surface area (Å²) < 4.78 is 7.30. The highest BCUT2D eigenvalue weighted by molar-refractivity contribution is 5.98. The number of carbonyl (C=O) groups excluding carboxylic acids is 3. The van der Waals surface area contributed by atoms with Gasteiger partial charge in [0, 0.05) is 19.3 Å². The number of imidazole rings is 1. The van der Waals surface area contributed by atoms with Gasteiger partial charge < -0.3 is 30.6 Å². The second-order valence-electron chi connectivity index (χ2n) is 8.76. The van der Waals surface area contributed by atoms with Crippen LogP contribution in [0.5, 0.6) is 0 Å². The van der Waals surface area contributed by atoms with Crippen LogP contribution < -0.4 is 16.4 Å². The molecule has 0 saturated carbocycles. The fraction of sp³-hybridized carbons (Fsp3) is 0.478. The van der Waals surface area contributed by atoms with Crippen LogP contribution in [0.3, 0.4) is 0 Å². The standard InChI is InChI=1S/C23H32N6O4/c1-23(2,24)22(32)26-18(15-33-14-17-8-4-3-5-9-17)21(31)27-19-12-28(16-25-19)13-20(30)29-10-6-7-11-29/h3-5,8-9,12,16,18H,6-7,10-11,13-15,24H2,1-2H3,(H,26,32)(H,27,31). The van der Waals surface area contributed by atoms with Gasteiger partial charge in [-0.25, -0.2) is 4.98 Å². The first kappa shape index (κ1) is 24.4. The molecule has 10 heteroatoms. The van der Waals surface area contributed by atoms with Crippen LogP contribution in [0.2, 0.25) is 0 Å². The summed E-state index contributed by atoms with van der Waals surface area (Å²) in [6.07, 6.45) is 5.13. The molecule has 1 saturated heterocycles. The van der Waals surface area contributed by atoms with Crippen molar-refractivity contribution in [3.8, 4) is 0 Å². The van der Waals surface area contributed by atoms with Gasteiger partial charge in [0.2, 0.25) is 11.8 Å². The molecule has 3 amide bonds. The molecule has 2 heterocycles. The van der Waals surface area contributed by atoms with Crippen molar-refractivity contribution in [1.29, 1.82) is 0 Å². The molecular formula is C23H32N6O4. The monoisotopic (exact) mass is 456 g/mol. The number of aromatic nitrogens is 2. The van der Waals surface area contributed by atoms with E-state index < -0.39 is 23.4 Å². The van der Waals surface area contributed by atoms with E-state index in [1.807, 2.05) is 35.2 Å². The lowest BCUT2D eigenvalue weighted by molar-refractivity contribution is -0.131. The number of nitrogens with two attached hydrogens (primary N) is 1. The van der Waals surface area contributed by atoms with Crippen molar-refractivity contribution in [3.05, 3.63) is 48.4 Å². The van der Waals surface area contributed by atoms with Gasteiger partial charge in [-0.2, -0.15) is 0 Å². The molecule has 1 atom stereocenters. The number of carbonyl (C=O) groups is 3. The Morgan fingerprint density at radius 2 is 1.88 bits per heavy atom. The highest BCUT2D eigenvalue weighted by atomic mass is 16.5. The number of benzene rings is 1. The first-order valence-corrected chi connectivity index (χ1v) is 11.0. The van der Waals surface area contributed by atoms with Gasteiger partial charge in [0.15, 0.2) is 5.82 Å². The Hall–Kier alpha value is -3.24. The van der Waals surface area contributed by atoms with Crippen LogP contribution in [-0.4, -0.2) is 63.4 Å². The first-order chi connectivity index (χ1) is 15.7. The zero-order valence-electron chi connectivity index (χ0n) is 19.1. The van der Waals surface area contributed by atoms with Crippen LogP contribution in [0.25, 0.3) is 0 Å². The number of nitrogens with one attached hydrogen (secondary N) is 2. The maximum absolute atomic E-state index is 12.9. The Kier molecular flexibility index (Phi) is 8.18. The number of ether oxygens (including phenoxy) is 1. The van der Waals surface area contributed by atoms with Crippen LogP contribution in [-0.2, 0) is 32.3 Å². The minimum absolute atomic E-state index is 0.0207. The number of likely N-dealkylation sites (tertiary alicyclic amines) is 1. The normalized spacial score (nSPS) is 14.7. The summed E-state index contributed by atoms with van der Waals surface area (Å²) in [6, 6.07) is 8.54. The molecule has 1 fully saturated rings. The largest absolute Gasteiger partial charge is 0.374 e. The first-order valence-electron chi connectivity index (χ1n) is 11.0. The van der Waals surface area contributed by atoms with Crippen LogP contribution in [0.15, 0.2) is 42.9 Å². The molecule has 1 aliphatic rings. The number of anilines is 1. The smallest absolute Gasteiger partial charge is 0.250 e. The van der Waals surface area contributed by atoms with Crippen LogP contribution in [0.4, 0.5) is 5.82 Å². The van der Waals surface area contributed by atoms with Crippen molar-refractivity contribution in [1.82, 2.24) is 19.8 Å². The number of amides is 3. The minimum Gasteiger partial charge on any atom is -0.374 e.